The van der Waals surface area contributed by atoms with Crippen molar-refractivity contribution in [3.8, 4) is 11.5 Å². The van der Waals surface area contributed by atoms with Crippen molar-refractivity contribution in [1.29, 1.82) is 0 Å². The van der Waals surface area contributed by atoms with Gasteiger partial charge in [0.15, 0.2) is 18.1 Å². The van der Waals surface area contributed by atoms with Crippen molar-refractivity contribution >= 4 is 23.8 Å². The number of carbonyl (C=O) groups excluding carboxylic acids is 3. The van der Waals surface area contributed by atoms with Crippen LogP contribution in [0.5, 0.6) is 11.5 Å². The molecule has 0 saturated heterocycles. The first-order valence-electron chi connectivity index (χ1n) is 8.92. The minimum atomic E-state index is -0.446. The van der Waals surface area contributed by atoms with E-state index in [1.54, 1.807) is 25.1 Å². The molecule has 2 rings (SSSR count). The van der Waals surface area contributed by atoms with Gasteiger partial charge in [0.2, 0.25) is 5.91 Å². The van der Waals surface area contributed by atoms with E-state index in [1.165, 1.54) is 0 Å². The molecule has 2 amide bonds. The first kappa shape index (κ1) is 21.0. The van der Waals surface area contributed by atoms with Crippen molar-refractivity contribution in [2.24, 2.45) is 0 Å². The number of para-hydroxylation sites is 1. The molecule has 0 aromatic heterocycles. The first-order chi connectivity index (χ1) is 13.4. The predicted molar refractivity (Wildman–Crippen MR) is 106 cm³/mol. The fourth-order valence-corrected chi connectivity index (χ4v) is 2.55. The Kier molecular flexibility index (Phi) is 7.56. The van der Waals surface area contributed by atoms with Gasteiger partial charge < -0.3 is 20.1 Å². The molecule has 0 heterocycles. The monoisotopic (exact) mass is 384 g/mol. The molecule has 2 N–H and O–H groups in total. The minimum absolute atomic E-state index is 0.168. The molecule has 2 aromatic carbocycles. The first-order valence-corrected chi connectivity index (χ1v) is 8.92. The van der Waals surface area contributed by atoms with E-state index in [-0.39, 0.29) is 19.1 Å². The highest BCUT2D eigenvalue weighted by molar-refractivity contribution is 5.95. The van der Waals surface area contributed by atoms with E-state index < -0.39 is 5.91 Å². The van der Waals surface area contributed by atoms with E-state index in [9.17, 15) is 14.4 Å². The van der Waals surface area contributed by atoms with Gasteiger partial charge in [0, 0.05) is 11.3 Å². The maximum atomic E-state index is 12.1. The zero-order chi connectivity index (χ0) is 20.5. The van der Waals surface area contributed by atoms with Crippen molar-refractivity contribution in [2.75, 3.05) is 25.1 Å². The number of hydrogen-bond acceptors (Lipinski definition) is 5. The van der Waals surface area contributed by atoms with Gasteiger partial charge in [0.1, 0.15) is 6.29 Å². The summed E-state index contributed by atoms with van der Waals surface area (Å²) < 4.78 is 10.9. The van der Waals surface area contributed by atoms with E-state index in [0.717, 1.165) is 16.8 Å². The van der Waals surface area contributed by atoms with Gasteiger partial charge in [-0.1, -0.05) is 18.2 Å². The third kappa shape index (κ3) is 5.84. The van der Waals surface area contributed by atoms with Gasteiger partial charge >= 0.3 is 0 Å². The lowest BCUT2D eigenvalue weighted by molar-refractivity contribution is -0.125. The number of hydrogen-bond donors (Lipinski definition) is 2. The maximum absolute atomic E-state index is 12.1. The number of nitrogens with one attached hydrogen (secondary N) is 2. The third-order valence-electron chi connectivity index (χ3n) is 3.95. The summed E-state index contributed by atoms with van der Waals surface area (Å²) in [5, 5.41) is 5.31. The van der Waals surface area contributed by atoms with Gasteiger partial charge in [-0.05, 0) is 50.1 Å². The highest BCUT2D eigenvalue weighted by Gasteiger charge is 2.11. The summed E-state index contributed by atoms with van der Waals surface area (Å²) in [7, 11) is 0. The average molecular weight is 384 g/mol. The summed E-state index contributed by atoms with van der Waals surface area (Å²) in [6, 6.07) is 10.4. The molecule has 0 aliphatic carbocycles. The number of ether oxygens (including phenoxy) is 2. The van der Waals surface area contributed by atoms with Crippen LogP contribution in [-0.4, -0.2) is 37.9 Å². The summed E-state index contributed by atoms with van der Waals surface area (Å²) in [4.78, 5) is 34.9. The number of rotatable bonds is 9. The van der Waals surface area contributed by atoms with Gasteiger partial charge in [-0.2, -0.15) is 0 Å². The summed E-state index contributed by atoms with van der Waals surface area (Å²) in [6.45, 7) is 5.56. The van der Waals surface area contributed by atoms with Crippen LogP contribution in [0.15, 0.2) is 36.4 Å². The number of benzene rings is 2. The Balaban J connectivity index is 1.86. The SMILES string of the molecule is CCOc1cc(C=O)ccc1OCC(=O)NCC(=O)Nc1c(C)cccc1C. The fourth-order valence-electron chi connectivity index (χ4n) is 2.55. The molecule has 7 nitrogen and oxygen atoms in total. The summed E-state index contributed by atoms with van der Waals surface area (Å²) in [5.74, 6) is -0.0371. The molecular formula is C21H24N2O5. The van der Waals surface area contributed by atoms with E-state index in [1.807, 2.05) is 32.0 Å². The number of anilines is 1. The van der Waals surface area contributed by atoms with Crippen LogP contribution in [0.25, 0.3) is 0 Å². The highest BCUT2D eigenvalue weighted by atomic mass is 16.5. The van der Waals surface area contributed by atoms with E-state index >= 15 is 0 Å². The van der Waals surface area contributed by atoms with Crippen molar-refractivity contribution in [2.45, 2.75) is 20.8 Å². The molecule has 0 spiro atoms. The molecule has 0 bridgehead atoms. The Morgan fingerprint density at radius 3 is 2.36 bits per heavy atom. The van der Waals surface area contributed by atoms with Crippen LogP contribution in [0.3, 0.4) is 0 Å². The molecule has 0 atom stereocenters. The zero-order valence-electron chi connectivity index (χ0n) is 16.2. The second-order valence-electron chi connectivity index (χ2n) is 6.14. The minimum Gasteiger partial charge on any atom is -0.490 e. The van der Waals surface area contributed by atoms with Gasteiger partial charge in [-0.3, -0.25) is 14.4 Å². The number of amides is 2. The molecule has 0 unspecified atom stereocenters. The topological polar surface area (TPSA) is 93.7 Å². The van der Waals surface area contributed by atoms with Crippen LogP contribution in [0.4, 0.5) is 5.69 Å². The van der Waals surface area contributed by atoms with Crippen LogP contribution < -0.4 is 20.1 Å². The second kappa shape index (κ2) is 10.1. The Bertz CT molecular complexity index is 844. The molecule has 7 heteroatoms. The largest absolute Gasteiger partial charge is 0.490 e. The lowest BCUT2D eigenvalue weighted by Crippen LogP contribution is -2.36. The quantitative estimate of drug-likeness (QED) is 0.648. The fraction of sp³-hybridized carbons (Fsp3) is 0.286. The van der Waals surface area contributed by atoms with Crippen molar-refractivity contribution in [3.05, 3.63) is 53.1 Å². The molecule has 0 radical (unpaired) electrons. The zero-order valence-corrected chi connectivity index (χ0v) is 16.2. The Morgan fingerprint density at radius 1 is 1.00 bits per heavy atom. The number of carbonyl (C=O) groups is 3. The van der Waals surface area contributed by atoms with E-state index in [2.05, 4.69) is 10.6 Å². The van der Waals surface area contributed by atoms with Crippen LogP contribution in [0.1, 0.15) is 28.4 Å². The maximum Gasteiger partial charge on any atom is 0.258 e. The number of aldehydes is 1. The van der Waals surface area contributed by atoms with Crippen LogP contribution >= 0.6 is 0 Å². The lowest BCUT2D eigenvalue weighted by Gasteiger charge is -2.13. The van der Waals surface area contributed by atoms with E-state index in [0.29, 0.717) is 30.0 Å². The van der Waals surface area contributed by atoms with Gasteiger partial charge in [0.25, 0.3) is 5.91 Å². The summed E-state index contributed by atoms with van der Waals surface area (Å²) in [6.07, 6.45) is 0.702. The van der Waals surface area contributed by atoms with Crippen LogP contribution in [0.2, 0.25) is 0 Å². The number of aryl methyl sites for hydroxylation is 2. The Labute approximate surface area is 164 Å². The second-order valence-corrected chi connectivity index (χ2v) is 6.14. The highest BCUT2D eigenvalue weighted by Crippen LogP contribution is 2.28. The molecule has 0 saturated carbocycles. The normalized spacial score (nSPS) is 10.1. The van der Waals surface area contributed by atoms with E-state index in [4.69, 9.17) is 9.47 Å². The summed E-state index contributed by atoms with van der Waals surface area (Å²) in [5.41, 5.74) is 3.09. The third-order valence-corrected chi connectivity index (χ3v) is 3.95. The standard InChI is InChI=1S/C21H24N2O5/c1-4-27-18-10-16(12-24)8-9-17(18)28-13-20(26)22-11-19(25)23-21-14(2)6-5-7-15(21)3/h5-10,12H,4,11,13H2,1-3H3,(H,22,26)(H,23,25). The van der Waals surface area contributed by atoms with Crippen molar-refractivity contribution in [1.82, 2.24) is 5.32 Å². The van der Waals surface area contributed by atoms with Gasteiger partial charge in [-0.25, -0.2) is 0 Å². The van der Waals surface area contributed by atoms with Crippen molar-refractivity contribution in [3.63, 3.8) is 0 Å². The molecule has 0 aliphatic rings. The molecule has 2 aromatic rings. The predicted octanol–water partition coefficient (Wildman–Crippen LogP) is 2.65. The average Bonchev–Trinajstić information content (AvgIpc) is 2.68. The lowest BCUT2D eigenvalue weighted by atomic mass is 10.1. The Morgan fingerprint density at radius 2 is 1.71 bits per heavy atom. The molecular weight excluding hydrogens is 360 g/mol. The smallest absolute Gasteiger partial charge is 0.258 e. The molecule has 0 fully saturated rings. The van der Waals surface area contributed by atoms with Gasteiger partial charge in [-0.15, -0.1) is 0 Å². The Hall–Kier alpha value is -3.35. The van der Waals surface area contributed by atoms with Crippen LogP contribution in [0, 0.1) is 13.8 Å². The van der Waals surface area contributed by atoms with Crippen LogP contribution in [-0.2, 0) is 9.59 Å². The van der Waals surface area contributed by atoms with Crippen molar-refractivity contribution < 1.29 is 23.9 Å². The summed E-state index contributed by atoms with van der Waals surface area (Å²) >= 11 is 0. The molecule has 28 heavy (non-hydrogen) atoms. The van der Waals surface area contributed by atoms with Gasteiger partial charge in [0.05, 0.1) is 13.2 Å². The molecule has 0 aliphatic heterocycles. The molecule has 148 valence electrons.